The highest BCUT2D eigenvalue weighted by molar-refractivity contribution is 7.10. The van der Waals surface area contributed by atoms with Crippen LogP contribution in [0.1, 0.15) is 24.3 Å². The molecule has 0 spiro atoms. The second kappa shape index (κ2) is 5.24. The molecule has 1 aliphatic carbocycles. The summed E-state index contributed by atoms with van der Waals surface area (Å²) in [5.74, 6) is -0.0686. The summed E-state index contributed by atoms with van der Waals surface area (Å²) in [5, 5.41) is 5.01. The maximum Gasteiger partial charge on any atom is 0.229 e. The van der Waals surface area contributed by atoms with Crippen LogP contribution < -0.4 is 5.32 Å². The van der Waals surface area contributed by atoms with Crippen LogP contribution in [0.4, 0.5) is 0 Å². The molecule has 1 aliphatic rings. The highest BCUT2D eigenvalue weighted by Gasteiger charge is 2.67. The van der Waals surface area contributed by atoms with Crippen LogP contribution in [-0.4, -0.2) is 35.8 Å². The standard InChI is InChI=1S/C13H18Cl2N2OS/c1-12(8-13(12,14)15)11(18)16-7-9(17(2)3)10-5-4-6-19-10/h4-6,9H,7-8H2,1-3H3,(H,16,18). The Bertz CT molecular complexity index is 461. The molecule has 1 heterocycles. The number of carbonyl (C=O) groups is 1. The molecule has 3 nitrogen and oxygen atoms in total. The molecule has 2 atom stereocenters. The van der Waals surface area contributed by atoms with Gasteiger partial charge in [0.2, 0.25) is 5.91 Å². The van der Waals surface area contributed by atoms with Gasteiger partial charge in [-0.3, -0.25) is 4.79 Å². The Morgan fingerprint density at radius 3 is 2.63 bits per heavy atom. The summed E-state index contributed by atoms with van der Waals surface area (Å²) >= 11 is 13.7. The number of likely N-dealkylation sites (N-methyl/N-ethyl adjacent to an activating group) is 1. The number of halogens is 2. The minimum atomic E-state index is -0.909. The number of amides is 1. The zero-order chi connectivity index (χ0) is 14.3. The van der Waals surface area contributed by atoms with E-state index in [9.17, 15) is 4.79 Å². The second-order valence-electron chi connectivity index (χ2n) is 5.42. The van der Waals surface area contributed by atoms with Crippen molar-refractivity contribution < 1.29 is 4.79 Å². The maximum absolute atomic E-state index is 12.1. The lowest BCUT2D eigenvalue weighted by atomic mass is 10.1. The SMILES string of the molecule is CN(C)C(CNC(=O)C1(C)CC1(Cl)Cl)c1cccs1. The molecular weight excluding hydrogens is 303 g/mol. The number of hydrogen-bond donors (Lipinski definition) is 1. The van der Waals surface area contributed by atoms with Crippen LogP contribution in [0, 0.1) is 5.41 Å². The van der Waals surface area contributed by atoms with Crippen LogP contribution in [0.15, 0.2) is 17.5 Å². The molecule has 1 amide bonds. The predicted octanol–water partition coefficient (Wildman–Crippen LogP) is 3.05. The molecule has 106 valence electrons. The van der Waals surface area contributed by atoms with Crippen molar-refractivity contribution in [1.29, 1.82) is 0 Å². The van der Waals surface area contributed by atoms with Gasteiger partial charge >= 0.3 is 0 Å². The number of alkyl halides is 2. The van der Waals surface area contributed by atoms with Crippen LogP contribution in [0.25, 0.3) is 0 Å². The van der Waals surface area contributed by atoms with Crippen LogP contribution in [0.5, 0.6) is 0 Å². The van der Waals surface area contributed by atoms with E-state index in [2.05, 4.69) is 16.3 Å². The minimum absolute atomic E-state index is 0.0686. The largest absolute Gasteiger partial charge is 0.354 e. The van der Waals surface area contributed by atoms with E-state index in [1.165, 1.54) is 4.88 Å². The normalized spacial score (nSPS) is 26.2. The number of nitrogens with zero attached hydrogens (tertiary/aromatic N) is 1. The van der Waals surface area contributed by atoms with Gasteiger partial charge in [-0.05, 0) is 38.9 Å². The first-order valence-corrected chi connectivity index (χ1v) is 7.77. The van der Waals surface area contributed by atoms with Crippen LogP contribution in [0.3, 0.4) is 0 Å². The van der Waals surface area contributed by atoms with Gasteiger partial charge in [-0.1, -0.05) is 6.07 Å². The number of nitrogens with one attached hydrogen (secondary N) is 1. The number of thiophene rings is 1. The molecule has 0 aliphatic heterocycles. The van der Waals surface area contributed by atoms with Crippen LogP contribution >= 0.6 is 34.5 Å². The van der Waals surface area contributed by atoms with Crippen molar-refractivity contribution in [2.45, 2.75) is 23.7 Å². The van der Waals surface area contributed by atoms with Crippen molar-refractivity contribution >= 4 is 40.4 Å². The topological polar surface area (TPSA) is 32.3 Å². The van der Waals surface area contributed by atoms with Crippen molar-refractivity contribution in [3.63, 3.8) is 0 Å². The highest BCUT2D eigenvalue weighted by Crippen LogP contribution is 2.63. The first-order chi connectivity index (χ1) is 8.78. The summed E-state index contributed by atoms with van der Waals surface area (Å²) in [6, 6.07) is 4.27. The molecule has 2 unspecified atom stereocenters. The number of rotatable bonds is 5. The minimum Gasteiger partial charge on any atom is -0.354 e. The molecular formula is C13H18Cl2N2OS. The molecule has 6 heteroatoms. The van der Waals surface area contributed by atoms with Crippen molar-refractivity contribution in [2.75, 3.05) is 20.6 Å². The Morgan fingerprint density at radius 1 is 1.58 bits per heavy atom. The summed E-state index contributed by atoms with van der Waals surface area (Å²) in [6.45, 7) is 2.37. The molecule has 0 saturated heterocycles. The molecule has 1 aromatic rings. The van der Waals surface area contributed by atoms with Crippen molar-refractivity contribution in [3.05, 3.63) is 22.4 Å². The van der Waals surface area contributed by atoms with Gasteiger partial charge in [0, 0.05) is 11.4 Å². The quantitative estimate of drug-likeness (QED) is 0.846. The van der Waals surface area contributed by atoms with Crippen LogP contribution in [0.2, 0.25) is 0 Å². The van der Waals surface area contributed by atoms with Crippen molar-refractivity contribution in [2.24, 2.45) is 5.41 Å². The average Bonchev–Trinajstić information content (AvgIpc) is 2.71. The fourth-order valence-electron chi connectivity index (χ4n) is 2.05. The van der Waals surface area contributed by atoms with E-state index in [4.69, 9.17) is 23.2 Å². The molecule has 1 saturated carbocycles. The summed E-state index contributed by atoms with van der Waals surface area (Å²) < 4.78 is -0.909. The summed E-state index contributed by atoms with van der Waals surface area (Å²) in [7, 11) is 4.01. The molecule has 1 fully saturated rings. The summed E-state index contributed by atoms with van der Waals surface area (Å²) in [6.07, 6.45) is 0.514. The maximum atomic E-state index is 12.1. The Hall–Kier alpha value is -0.290. The Balaban J connectivity index is 1.96. The van der Waals surface area contributed by atoms with E-state index in [1.807, 2.05) is 25.5 Å². The van der Waals surface area contributed by atoms with Crippen molar-refractivity contribution in [3.8, 4) is 0 Å². The third-order valence-corrected chi connectivity index (χ3v) is 5.78. The van der Waals surface area contributed by atoms with E-state index in [1.54, 1.807) is 18.3 Å². The van der Waals surface area contributed by atoms with E-state index in [0.717, 1.165) is 0 Å². The van der Waals surface area contributed by atoms with Gasteiger partial charge in [0.25, 0.3) is 0 Å². The van der Waals surface area contributed by atoms with E-state index < -0.39 is 9.75 Å². The fraction of sp³-hybridized carbons (Fsp3) is 0.615. The van der Waals surface area contributed by atoms with E-state index >= 15 is 0 Å². The third-order valence-electron chi connectivity index (χ3n) is 3.71. The van der Waals surface area contributed by atoms with E-state index in [-0.39, 0.29) is 11.9 Å². The van der Waals surface area contributed by atoms with Gasteiger partial charge in [0.05, 0.1) is 11.5 Å². The fourth-order valence-corrected chi connectivity index (χ4v) is 3.68. The number of hydrogen-bond acceptors (Lipinski definition) is 3. The summed E-state index contributed by atoms with van der Waals surface area (Å²) in [5.41, 5.74) is -0.650. The molecule has 19 heavy (non-hydrogen) atoms. The van der Waals surface area contributed by atoms with Gasteiger partial charge in [-0.2, -0.15) is 0 Å². The molecule has 2 rings (SSSR count). The molecule has 0 bridgehead atoms. The monoisotopic (exact) mass is 320 g/mol. The smallest absolute Gasteiger partial charge is 0.229 e. The lowest BCUT2D eigenvalue weighted by Crippen LogP contribution is -2.39. The van der Waals surface area contributed by atoms with Gasteiger partial charge in [-0.15, -0.1) is 34.5 Å². The second-order valence-corrected chi connectivity index (χ2v) is 7.88. The Labute approximate surface area is 127 Å². The van der Waals surface area contributed by atoms with Gasteiger partial charge in [0.1, 0.15) is 4.33 Å². The van der Waals surface area contributed by atoms with Gasteiger partial charge in [0.15, 0.2) is 0 Å². The molecule has 0 aromatic carbocycles. The Kier molecular flexibility index (Phi) is 4.17. The van der Waals surface area contributed by atoms with Gasteiger partial charge < -0.3 is 10.2 Å². The molecule has 0 radical (unpaired) electrons. The first-order valence-electron chi connectivity index (χ1n) is 6.14. The third kappa shape index (κ3) is 2.92. The zero-order valence-corrected chi connectivity index (χ0v) is 13.6. The van der Waals surface area contributed by atoms with Crippen LogP contribution in [-0.2, 0) is 4.79 Å². The molecule has 1 aromatic heterocycles. The predicted molar refractivity (Wildman–Crippen MR) is 80.9 cm³/mol. The Morgan fingerprint density at radius 2 is 2.21 bits per heavy atom. The van der Waals surface area contributed by atoms with E-state index in [0.29, 0.717) is 13.0 Å². The highest BCUT2D eigenvalue weighted by atomic mass is 35.5. The first kappa shape index (κ1) is 15.1. The summed E-state index contributed by atoms with van der Waals surface area (Å²) in [4.78, 5) is 15.5. The number of carbonyl (C=O) groups excluding carboxylic acids is 1. The van der Waals surface area contributed by atoms with Gasteiger partial charge in [-0.25, -0.2) is 0 Å². The van der Waals surface area contributed by atoms with Crippen molar-refractivity contribution in [1.82, 2.24) is 10.2 Å². The zero-order valence-electron chi connectivity index (χ0n) is 11.2. The lowest BCUT2D eigenvalue weighted by molar-refractivity contribution is -0.126. The lowest BCUT2D eigenvalue weighted by Gasteiger charge is -2.24. The molecule has 1 N–H and O–H groups in total. The average molecular weight is 321 g/mol.